The molecular weight excluding hydrogens is 649 g/mol. The Kier molecular flexibility index (Phi) is 6.61. The van der Waals surface area contributed by atoms with Crippen molar-refractivity contribution in [2.24, 2.45) is 0 Å². The number of fused-ring (bicyclic) bond motifs is 4. The van der Waals surface area contributed by atoms with E-state index in [2.05, 4.69) is 208 Å². The van der Waals surface area contributed by atoms with E-state index in [9.17, 15) is 0 Å². The fraction of sp³-hybridized carbons (Fsp3) is 0.0741. The molecule has 0 N–H and O–H groups in total. The third-order valence-electron chi connectivity index (χ3n) is 12.7. The number of rotatable bonds is 4. The zero-order chi connectivity index (χ0) is 36.0. The third kappa shape index (κ3) is 3.93. The van der Waals surface area contributed by atoms with Gasteiger partial charge in [0.15, 0.2) is 0 Å². The predicted molar refractivity (Wildman–Crippen MR) is 226 cm³/mol. The van der Waals surface area contributed by atoms with E-state index in [1.54, 1.807) is 0 Å². The molecular formula is C54H38. The lowest BCUT2D eigenvalue weighted by atomic mass is 9.57. The molecule has 0 radical (unpaired) electrons. The first-order valence-corrected chi connectivity index (χ1v) is 19.1. The number of benzene rings is 9. The lowest BCUT2D eigenvalue weighted by molar-refractivity contribution is 0.732. The van der Waals surface area contributed by atoms with Crippen LogP contribution in [0.1, 0.15) is 55.6 Å². The fourth-order valence-electron chi connectivity index (χ4n) is 10.6. The number of hydrogen-bond donors (Lipinski definition) is 0. The van der Waals surface area contributed by atoms with Crippen LogP contribution in [0.2, 0.25) is 0 Å². The van der Waals surface area contributed by atoms with Crippen molar-refractivity contribution in [2.45, 2.75) is 24.7 Å². The van der Waals surface area contributed by atoms with Crippen molar-refractivity contribution < 1.29 is 0 Å². The van der Waals surface area contributed by atoms with Gasteiger partial charge in [-0.25, -0.2) is 0 Å². The van der Waals surface area contributed by atoms with Gasteiger partial charge < -0.3 is 0 Å². The van der Waals surface area contributed by atoms with Crippen LogP contribution in [-0.2, 0) is 10.8 Å². The van der Waals surface area contributed by atoms with Gasteiger partial charge in [-0.15, -0.1) is 0 Å². The van der Waals surface area contributed by atoms with Crippen LogP contribution >= 0.6 is 0 Å². The maximum atomic E-state index is 2.44. The molecule has 0 amide bonds. The second kappa shape index (κ2) is 11.5. The first-order chi connectivity index (χ1) is 26.6. The highest BCUT2D eigenvalue weighted by atomic mass is 14.5. The Morgan fingerprint density at radius 1 is 0.278 bits per heavy atom. The molecule has 9 aromatic carbocycles. The largest absolute Gasteiger partial charge is 0.0713 e. The third-order valence-corrected chi connectivity index (χ3v) is 12.7. The van der Waals surface area contributed by atoms with Crippen LogP contribution in [0.5, 0.6) is 0 Å². The minimum atomic E-state index is -0.523. The highest BCUT2D eigenvalue weighted by Gasteiger charge is 2.47. The maximum absolute atomic E-state index is 2.44. The Hall–Kier alpha value is -6.50. The number of hydrogen-bond acceptors (Lipinski definition) is 0. The van der Waals surface area contributed by atoms with Crippen molar-refractivity contribution in [2.75, 3.05) is 0 Å². The molecule has 0 aromatic heterocycles. The van der Waals surface area contributed by atoms with Gasteiger partial charge in [-0.1, -0.05) is 194 Å². The average Bonchev–Trinajstić information content (AvgIpc) is 3.23. The topological polar surface area (TPSA) is 0 Å². The fourth-order valence-corrected chi connectivity index (χ4v) is 10.6. The molecule has 0 bridgehead atoms. The van der Waals surface area contributed by atoms with Crippen LogP contribution in [0, 0.1) is 13.8 Å². The molecule has 0 spiro atoms. The van der Waals surface area contributed by atoms with E-state index in [0.29, 0.717) is 0 Å². The maximum Gasteiger partial charge on any atom is 0.0713 e. The molecule has 2 aliphatic carbocycles. The first-order valence-electron chi connectivity index (χ1n) is 19.1. The standard InChI is InChI=1S/C54H38/c1-35-27-29-37-15-13-25-47-51(37)49(35)43-21-9-11-23-45(43)53(47,39-17-5-3-6-18-39)41-31-33-42(34-32-41)54(40-19-7-4-8-20-40)46-24-12-10-22-44(46)50-36(2)28-30-38-16-14-26-48(54)52(38)50/h3-34H,1-2H3. The van der Waals surface area contributed by atoms with E-state index in [-0.39, 0.29) is 0 Å². The molecule has 0 aliphatic heterocycles. The summed E-state index contributed by atoms with van der Waals surface area (Å²) in [4.78, 5) is 0. The van der Waals surface area contributed by atoms with Crippen molar-refractivity contribution in [3.8, 4) is 22.3 Å². The van der Waals surface area contributed by atoms with Gasteiger partial charge in [0, 0.05) is 0 Å². The second-order valence-electron chi connectivity index (χ2n) is 15.2. The molecule has 54 heavy (non-hydrogen) atoms. The predicted octanol–water partition coefficient (Wildman–Crippen LogP) is 13.3. The molecule has 0 heterocycles. The molecule has 9 aromatic rings. The van der Waals surface area contributed by atoms with E-state index in [0.717, 1.165) is 0 Å². The Bertz CT molecular complexity index is 2730. The van der Waals surface area contributed by atoms with E-state index in [1.807, 2.05) is 0 Å². The van der Waals surface area contributed by atoms with Gasteiger partial charge in [-0.05, 0) is 113 Å². The van der Waals surface area contributed by atoms with Gasteiger partial charge in [0.2, 0.25) is 0 Å². The van der Waals surface area contributed by atoms with Gasteiger partial charge >= 0.3 is 0 Å². The normalized spacial score (nSPS) is 18.0. The van der Waals surface area contributed by atoms with Gasteiger partial charge in [0.05, 0.1) is 10.8 Å². The van der Waals surface area contributed by atoms with Crippen LogP contribution in [0.15, 0.2) is 194 Å². The SMILES string of the molecule is Cc1ccc2cccc3c2c1-c1ccccc1C3(c1ccccc1)c1ccc(C2(c3ccccc3)c3ccccc3-c3c(C)ccc4cccc2c34)cc1. The minimum absolute atomic E-state index is 0.523. The van der Waals surface area contributed by atoms with E-state index >= 15 is 0 Å². The summed E-state index contributed by atoms with van der Waals surface area (Å²) < 4.78 is 0. The number of aryl methyl sites for hydroxylation is 2. The zero-order valence-electron chi connectivity index (χ0n) is 30.5. The van der Waals surface area contributed by atoms with Crippen LogP contribution in [0.4, 0.5) is 0 Å². The summed E-state index contributed by atoms with van der Waals surface area (Å²) in [5.74, 6) is 0. The molecule has 0 saturated heterocycles. The zero-order valence-corrected chi connectivity index (χ0v) is 30.5. The molecule has 254 valence electrons. The molecule has 2 aliphatic rings. The molecule has 0 saturated carbocycles. The minimum Gasteiger partial charge on any atom is -0.0622 e. The van der Waals surface area contributed by atoms with E-state index in [1.165, 1.54) is 99.4 Å². The molecule has 0 heteroatoms. The van der Waals surface area contributed by atoms with Crippen molar-refractivity contribution in [3.63, 3.8) is 0 Å². The van der Waals surface area contributed by atoms with Crippen LogP contribution < -0.4 is 0 Å². The van der Waals surface area contributed by atoms with Crippen molar-refractivity contribution in [1.82, 2.24) is 0 Å². The van der Waals surface area contributed by atoms with Gasteiger partial charge in [0.1, 0.15) is 0 Å². The van der Waals surface area contributed by atoms with E-state index in [4.69, 9.17) is 0 Å². The summed E-state index contributed by atoms with van der Waals surface area (Å²) in [5, 5.41) is 5.27. The highest BCUT2D eigenvalue weighted by Crippen LogP contribution is 2.58. The van der Waals surface area contributed by atoms with Gasteiger partial charge in [-0.3, -0.25) is 0 Å². The summed E-state index contributed by atoms with van der Waals surface area (Å²) in [6.07, 6.45) is 0. The van der Waals surface area contributed by atoms with Crippen molar-refractivity contribution in [3.05, 3.63) is 250 Å². The molecule has 0 fully saturated rings. The molecule has 2 atom stereocenters. The summed E-state index contributed by atoms with van der Waals surface area (Å²) >= 11 is 0. The van der Waals surface area contributed by atoms with Crippen molar-refractivity contribution >= 4 is 21.5 Å². The summed E-state index contributed by atoms with van der Waals surface area (Å²) in [5.41, 5.74) is 17.3. The Balaban J connectivity index is 1.25. The van der Waals surface area contributed by atoms with Crippen LogP contribution in [0.25, 0.3) is 43.8 Å². The lowest BCUT2D eigenvalue weighted by Gasteiger charge is -2.44. The summed E-state index contributed by atoms with van der Waals surface area (Å²) in [7, 11) is 0. The molecule has 11 rings (SSSR count). The first kappa shape index (κ1) is 31.1. The van der Waals surface area contributed by atoms with Gasteiger partial charge in [-0.2, -0.15) is 0 Å². The molecule has 2 unspecified atom stereocenters. The second-order valence-corrected chi connectivity index (χ2v) is 15.2. The van der Waals surface area contributed by atoms with Crippen molar-refractivity contribution in [1.29, 1.82) is 0 Å². The monoisotopic (exact) mass is 686 g/mol. The lowest BCUT2D eigenvalue weighted by Crippen LogP contribution is -2.35. The Morgan fingerprint density at radius 3 is 1.06 bits per heavy atom. The van der Waals surface area contributed by atoms with E-state index < -0.39 is 10.8 Å². The smallest absolute Gasteiger partial charge is 0.0622 e. The average molecular weight is 687 g/mol. The Labute approximate surface area is 317 Å². The van der Waals surface area contributed by atoms with Crippen LogP contribution in [-0.4, -0.2) is 0 Å². The molecule has 0 nitrogen and oxygen atoms in total. The summed E-state index contributed by atoms with van der Waals surface area (Å²) in [6, 6.07) is 73.4. The van der Waals surface area contributed by atoms with Gasteiger partial charge in [0.25, 0.3) is 0 Å². The Morgan fingerprint density at radius 2 is 0.630 bits per heavy atom. The summed E-state index contributed by atoms with van der Waals surface area (Å²) in [6.45, 7) is 4.52. The highest BCUT2D eigenvalue weighted by molar-refractivity contribution is 6.07. The van der Waals surface area contributed by atoms with Crippen LogP contribution in [0.3, 0.4) is 0 Å². The quantitative estimate of drug-likeness (QED) is 0.173.